The van der Waals surface area contributed by atoms with Crippen LogP contribution in [0.3, 0.4) is 0 Å². The van der Waals surface area contributed by atoms with Crippen molar-refractivity contribution in [2.75, 3.05) is 0 Å². The Kier molecular flexibility index (Phi) is 5.70. The minimum Gasteiger partial charge on any atom is -0.244 e. The van der Waals surface area contributed by atoms with E-state index in [1.807, 2.05) is 39.0 Å². The van der Waals surface area contributed by atoms with Crippen LogP contribution in [0.5, 0.6) is 0 Å². The van der Waals surface area contributed by atoms with E-state index in [0.717, 1.165) is 34.2 Å². The molecule has 3 heterocycles. The van der Waals surface area contributed by atoms with Crippen molar-refractivity contribution in [1.29, 1.82) is 0 Å². The van der Waals surface area contributed by atoms with Crippen LogP contribution in [0.15, 0.2) is 18.2 Å². The SMILES string of the molecule is Cc1cc(C(C)(C)C)nn1P(=O)(n1nc(C(C)(C)C)cc1C)n1nc(C(C)(C)C)cc1C. The van der Waals surface area contributed by atoms with Gasteiger partial charge in [0.2, 0.25) is 0 Å². The lowest BCUT2D eigenvalue weighted by atomic mass is 9.92. The van der Waals surface area contributed by atoms with Gasteiger partial charge in [-0.15, -0.1) is 0 Å². The Morgan fingerprint density at radius 1 is 0.562 bits per heavy atom. The highest BCUT2D eigenvalue weighted by Crippen LogP contribution is 2.52. The monoisotopic (exact) mass is 458 g/mol. The first-order valence-electron chi connectivity index (χ1n) is 11.2. The third-order valence-electron chi connectivity index (χ3n) is 5.64. The lowest BCUT2D eigenvalue weighted by Crippen LogP contribution is -2.22. The molecule has 3 aromatic heterocycles. The van der Waals surface area contributed by atoms with Crippen molar-refractivity contribution in [2.24, 2.45) is 0 Å². The van der Waals surface area contributed by atoms with Crippen molar-refractivity contribution in [1.82, 2.24) is 28.7 Å². The molecule has 0 aliphatic carbocycles. The quantitative estimate of drug-likeness (QED) is 0.442. The van der Waals surface area contributed by atoms with Crippen molar-refractivity contribution in [3.63, 3.8) is 0 Å². The number of nitrogens with zero attached hydrogens (tertiary/aromatic N) is 6. The highest BCUT2D eigenvalue weighted by atomic mass is 31.2. The van der Waals surface area contributed by atoms with E-state index in [4.69, 9.17) is 15.3 Å². The highest BCUT2D eigenvalue weighted by Gasteiger charge is 2.40. The second kappa shape index (κ2) is 7.44. The lowest BCUT2D eigenvalue weighted by Gasteiger charge is -2.24. The standard InChI is InChI=1S/C24H39N6OP/c1-16-13-19(22(4,5)6)25-28(16)32(31,29-17(2)14-20(26-29)23(7,8)9)30-18(3)15-21(27-30)24(10,11)12/h13-15H,1-12H3. The fraction of sp³-hybridized carbons (Fsp3) is 0.625. The maximum atomic E-state index is 15.2. The second-order valence-electron chi connectivity index (χ2n) is 11.9. The largest absolute Gasteiger partial charge is 0.419 e. The Bertz CT molecular complexity index is 1040. The molecule has 0 unspecified atom stereocenters. The summed E-state index contributed by atoms with van der Waals surface area (Å²) in [6.45, 7) is 24.8. The third kappa shape index (κ3) is 4.12. The molecule has 0 aromatic carbocycles. The average Bonchev–Trinajstić information content (AvgIpc) is 3.29. The molecule has 0 spiro atoms. The van der Waals surface area contributed by atoms with E-state index in [9.17, 15) is 0 Å². The van der Waals surface area contributed by atoms with Gasteiger partial charge < -0.3 is 0 Å². The molecule has 176 valence electrons. The van der Waals surface area contributed by atoms with Gasteiger partial charge in [-0.1, -0.05) is 62.3 Å². The van der Waals surface area contributed by atoms with Gasteiger partial charge in [-0.2, -0.15) is 28.7 Å². The molecule has 0 saturated heterocycles. The van der Waals surface area contributed by atoms with Gasteiger partial charge in [0.15, 0.2) is 0 Å². The normalized spacial score (nSPS) is 13.8. The van der Waals surface area contributed by atoms with Crippen LogP contribution in [-0.2, 0) is 20.8 Å². The van der Waals surface area contributed by atoms with E-state index in [0.29, 0.717) is 0 Å². The van der Waals surface area contributed by atoms with Crippen LogP contribution < -0.4 is 0 Å². The molecule has 32 heavy (non-hydrogen) atoms. The van der Waals surface area contributed by atoms with Gasteiger partial charge in [0.05, 0.1) is 17.1 Å². The molecule has 3 aromatic rings. The van der Waals surface area contributed by atoms with Gasteiger partial charge in [0.1, 0.15) is 0 Å². The molecule has 0 amide bonds. The van der Waals surface area contributed by atoms with Gasteiger partial charge in [-0.25, -0.2) is 4.57 Å². The van der Waals surface area contributed by atoms with E-state index in [-0.39, 0.29) is 16.2 Å². The number of aryl methyl sites for hydroxylation is 3. The number of aromatic nitrogens is 6. The molecule has 0 fully saturated rings. The molecule has 0 saturated carbocycles. The van der Waals surface area contributed by atoms with Crippen molar-refractivity contribution < 1.29 is 4.57 Å². The predicted molar refractivity (Wildman–Crippen MR) is 131 cm³/mol. The van der Waals surface area contributed by atoms with Gasteiger partial charge in [-0.05, 0) is 39.0 Å². The van der Waals surface area contributed by atoms with E-state index in [1.54, 1.807) is 13.4 Å². The number of hydrogen-bond donors (Lipinski definition) is 0. The number of rotatable bonds is 3. The van der Waals surface area contributed by atoms with Crippen LogP contribution in [0.1, 0.15) is 96.5 Å². The summed E-state index contributed by atoms with van der Waals surface area (Å²) in [6, 6.07) is 6.04. The Morgan fingerprint density at radius 3 is 0.938 bits per heavy atom. The van der Waals surface area contributed by atoms with Crippen LogP contribution in [0.4, 0.5) is 0 Å². The van der Waals surface area contributed by atoms with Crippen LogP contribution >= 0.6 is 7.59 Å². The summed E-state index contributed by atoms with van der Waals surface area (Å²) in [4.78, 5) is 0. The van der Waals surface area contributed by atoms with E-state index in [1.165, 1.54) is 0 Å². The van der Waals surface area contributed by atoms with Gasteiger partial charge >= 0.3 is 7.59 Å². The predicted octanol–water partition coefficient (Wildman–Crippen LogP) is 6.15. The smallest absolute Gasteiger partial charge is 0.244 e. The molecule has 0 aliphatic heterocycles. The zero-order valence-electron chi connectivity index (χ0n) is 21.8. The van der Waals surface area contributed by atoms with E-state index < -0.39 is 7.59 Å². The Morgan fingerprint density at radius 2 is 0.781 bits per heavy atom. The molecular formula is C24H39N6OP. The fourth-order valence-corrected chi connectivity index (χ4v) is 6.05. The third-order valence-corrected chi connectivity index (χ3v) is 8.33. The summed E-state index contributed by atoms with van der Waals surface area (Å²) in [5, 5.41) is 14.6. The minimum absolute atomic E-state index is 0.174. The first-order valence-corrected chi connectivity index (χ1v) is 12.8. The zero-order valence-corrected chi connectivity index (χ0v) is 22.7. The van der Waals surface area contributed by atoms with Crippen LogP contribution in [0.25, 0.3) is 0 Å². The van der Waals surface area contributed by atoms with Gasteiger partial charge in [0.25, 0.3) is 0 Å². The first kappa shape index (κ1) is 24.5. The van der Waals surface area contributed by atoms with Gasteiger partial charge in [-0.3, -0.25) is 0 Å². The summed E-state index contributed by atoms with van der Waals surface area (Å²) in [6.07, 6.45) is 0. The lowest BCUT2D eigenvalue weighted by molar-refractivity contribution is 0.511. The summed E-state index contributed by atoms with van der Waals surface area (Å²) in [7, 11) is -3.62. The molecule has 0 radical (unpaired) electrons. The number of hydrogen-bond acceptors (Lipinski definition) is 4. The topological polar surface area (TPSA) is 70.5 Å². The fourth-order valence-electron chi connectivity index (χ4n) is 3.53. The Balaban J connectivity index is 2.40. The minimum atomic E-state index is -3.62. The zero-order chi connectivity index (χ0) is 24.4. The first-order chi connectivity index (χ1) is 14.4. The van der Waals surface area contributed by atoms with Crippen molar-refractivity contribution in [3.05, 3.63) is 52.4 Å². The highest BCUT2D eigenvalue weighted by molar-refractivity contribution is 7.59. The second-order valence-corrected chi connectivity index (χ2v) is 14.1. The van der Waals surface area contributed by atoms with Crippen molar-refractivity contribution in [3.8, 4) is 0 Å². The molecule has 0 aliphatic rings. The molecule has 0 bridgehead atoms. The van der Waals surface area contributed by atoms with E-state index >= 15 is 4.57 Å². The summed E-state index contributed by atoms with van der Waals surface area (Å²) < 4.78 is 20.1. The van der Waals surface area contributed by atoms with Gasteiger partial charge in [0, 0.05) is 33.3 Å². The maximum absolute atomic E-state index is 15.2. The maximum Gasteiger partial charge on any atom is 0.419 e. The molecule has 0 N–H and O–H groups in total. The van der Waals surface area contributed by atoms with Crippen LogP contribution in [0.2, 0.25) is 0 Å². The van der Waals surface area contributed by atoms with Crippen LogP contribution in [-0.4, -0.2) is 28.7 Å². The molecule has 3 rings (SSSR count). The molecule has 0 atom stereocenters. The van der Waals surface area contributed by atoms with Crippen LogP contribution in [0, 0.1) is 20.8 Å². The molecular weight excluding hydrogens is 419 g/mol. The summed E-state index contributed by atoms with van der Waals surface area (Å²) in [5.41, 5.74) is 4.59. The summed E-state index contributed by atoms with van der Waals surface area (Å²) in [5.74, 6) is 0. The van der Waals surface area contributed by atoms with E-state index in [2.05, 4.69) is 62.3 Å². The molecule has 7 nitrogen and oxygen atoms in total. The molecule has 8 heteroatoms. The van der Waals surface area contributed by atoms with Crippen molar-refractivity contribution in [2.45, 2.75) is 99.3 Å². The Labute approximate surface area is 192 Å². The van der Waals surface area contributed by atoms with Crippen molar-refractivity contribution >= 4 is 7.59 Å². The average molecular weight is 459 g/mol. The Hall–Kier alpha value is -2.14. The summed E-state index contributed by atoms with van der Waals surface area (Å²) >= 11 is 0.